The molecule has 1 aromatic rings. The highest BCUT2D eigenvalue weighted by molar-refractivity contribution is 9.10. The molecule has 0 bridgehead atoms. The number of aryl methyl sites for hydroxylation is 1. The predicted molar refractivity (Wildman–Crippen MR) is 96.9 cm³/mol. The molecule has 1 aliphatic heterocycles. The van der Waals surface area contributed by atoms with Crippen molar-refractivity contribution in [3.63, 3.8) is 0 Å². The van der Waals surface area contributed by atoms with E-state index in [4.69, 9.17) is 5.11 Å². The quantitative estimate of drug-likeness (QED) is 0.802. The molecule has 5 nitrogen and oxygen atoms in total. The number of nitrogens with zero attached hydrogens (tertiary/aromatic N) is 2. The van der Waals surface area contributed by atoms with Crippen LogP contribution in [0.15, 0.2) is 28.7 Å². The van der Waals surface area contributed by atoms with E-state index in [0.29, 0.717) is 13.0 Å². The van der Waals surface area contributed by atoms with E-state index >= 15 is 0 Å². The van der Waals surface area contributed by atoms with Crippen LogP contribution in [0.3, 0.4) is 0 Å². The third-order valence-electron chi connectivity index (χ3n) is 4.57. The fourth-order valence-electron chi connectivity index (χ4n) is 3.21. The number of likely N-dealkylation sites (tertiary alicyclic amines) is 1. The Hall–Kier alpha value is -1.40. The zero-order chi connectivity index (χ0) is 17.5. The Labute approximate surface area is 151 Å². The SMILES string of the molecule is CN(CC(=O)O)[C@@H]1CCCN(C(=O)CCc2cccc(Br)c2)CC1. The van der Waals surface area contributed by atoms with Crippen LogP contribution < -0.4 is 0 Å². The molecule has 0 aromatic heterocycles. The predicted octanol–water partition coefficient (Wildman–Crippen LogP) is 2.78. The molecule has 24 heavy (non-hydrogen) atoms. The Kier molecular flexibility index (Phi) is 7.24. The maximum absolute atomic E-state index is 12.5. The molecule has 1 N–H and O–H groups in total. The second-order valence-corrected chi connectivity index (χ2v) is 7.32. The van der Waals surface area contributed by atoms with E-state index in [-0.39, 0.29) is 18.5 Å². The van der Waals surface area contributed by atoms with E-state index in [1.54, 1.807) is 0 Å². The lowest BCUT2D eigenvalue weighted by Crippen LogP contribution is -2.37. The lowest BCUT2D eigenvalue weighted by Gasteiger charge is -2.25. The van der Waals surface area contributed by atoms with Gasteiger partial charge in [-0.25, -0.2) is 0 Å². The van der Waals surface area contributed by atoms with Gasteiger partial charge >= 0.3 is 5.97 Å². The van der Waals surface area contributed by atoms with E-state index < -0.39 is 5.97 Å². The molecule has 0 unspecified atom stereocenters. The highest BCUT2D eigenvalue weighted by Gasteiger charge is 2.23. The number of carboxylic acid groups (broad SMARTS) is 1. The van der Waals surface area contributed by atoms with Crippen LogP contribution in [0.25, 0.3) is 0 Å². The lowest BCUT2D eigenvalue weighted by atomic mass is 10.1. The summed E-state index contributed by atoms with van der Waals surface area (Å²) in [7, 11) is 1.85. The van der Waals surface area contributed by atoms with Crippen molar-refractivity contribution >= 4 is 27.8 Å². The summed E-state index contributed by atoms with van der Waals surface area (Å²) in [4.78, 5) is 27.1. The molecule has 132 valence electrons. The molecule has 0 radical (unpaired) electrons. The Bertz CT molecular complexity index is 579. The average Bonchev–Trinajstić information content (AvgIpc) is 2.78. The summed E-state index contributed by atoms with van der Waals surface area (Å²) < 4.78 is 1.03. The number of rotatable bonds is 6. The van der Waals surface area contributed by atoms with E-state index in [0.717, 1.165) is 42.3 Å². The fourth-order valence-corrected chi connectivity index (χ4v) is 3.66. The Balaban J connectivity index is 1.82. The van der Waals surface area contributed by atoms with Gasteiger partial charge in [0, 0.05) is 30.0 Å². The minimum atomic E-state index is -0.802. The molecule has 6 heteroatoms. The van der Waals surface area contributed by atoms with Crippen LogP contribution in [0.1, 0.15) is 31.2 Å². The number of carboxylic acids is 1. The van der Waals surface area contributed by atoms with Crippen molar-refractivity contribution < 1.29 is 14.7 Å². The van der Waals surface area contributed by atoms with Crippen molar-refractivity contribution in [1.82, 2.24) is 9.80 Å². The van der Waals surface area contributed by atoms with Crippen molar-refractivity contribution in [3.05, 3.63) is 34.3 Å². The van der Waals surface area contributed by atoms with Crippen LogP contribution in [-0.2, 0) is 16.0 Å². The van der Waals surface area contributed by atoms with Gasteiger partial charge in [-0.15, -0.1) is 0 Å². The summed E-state index contributed by atoms with van der Waals surface area (Å²) in [6.45, 7) is 1.54. The van der Waals surface area contributed by atoms with Gasteiger partial charge in [-0.3, -0.25) is 14.5 Å². The molecule has 0 spiro atoms. The molecular formula is C18H25BrN2O3. The molecule has 1 amide bonds. The molecule has 1 atom stereocenters. The fraction of sp³-hybridized carbons (Fsp3) is 0.556. The summed E-state index contributed by atoms with van der Waals surface area (Å²) in [6.07, 6.45) is 3.98. The summed E-state index contributed by atoms with van der Waals surface area (Å²) in [5.41, 5.74) is 1.16. The van der Waals surface area contributed by atoms with Crippen LogP contribution in [0, 0.1) is 0 Å². The van der Waals surface area contributed by atoms with Gasteiger partial charge in [-0.1, -0.05) is 28.1 Å². The van der Waals surface area contributed by atoms with Gasteiger partial charge in [0.25, 0.3) is 0 Å². The molecule has 1 saturated heterocycles. The standard InChI is InChI=1S/C18H25BrN2O3/c1-20(13-18(23)24)16-6-3-10-21(11-9-16)17(22)8-7-14-4-2-5-15(19)12-14/h2,4-5,12,16H,3,6-11,13H2,1H3,(H,23,24)/t16-/m1/s1. The van der Waals surface area contributed by atoms with E-state index in [9.17, 15) is 9.59 Å². The van der Waals surface area contributed by atoms with E-state index in [2.05, 4.69) is 15.9 Å². The third-order valence-corrected chi connectivity index (χ3v) is 5.07. The molecule has 0 aliphatic carbocycles. The number of carbonyl (C=O) groups excluding carboxylic acids is 1. The number of aliphatic carboxylic acids is 1. The minimum absolute atomic E-state index is 0.0570. The first-order chi connectivity index (χ1) is 11.5. The Morgan fingerprint density at radius 1 is 1.33 bits per heavy atom. The van der Waals surface area contributed by atoms with Gasteiger partial charge in [0.1, 0.15) is 0 Å². The van der Waals surface area contributed by atoms with Crippen LogP contribution in [0.5, 0.6) is 0 Å². The monoisotopic (exact) mass is 396 g/mol. The van der Waals surface area contributed by atoms with E-state index in [1.165, 1.54) is 0 Å². The van der Waals surface area contributed by atoms with Crippen LogP contribution in [0.4, 0.5) is 0 Å². The maximum Gasteiger partial charge on any atom is 0.317 e. The normalized spacial score (nSPS) is 18.5. The van der Waals surface area contributed by atoms with Crippen molar-refractivity contribution in [2.45, 2.75) is 38.1 Å². The van der Waals surface area contributed by atoms with Gasteiger partial charge < -0.3 is 10.0 Å². The number of hydrogen-bond acceptors (Lipinski definition) is 3. The van der Waals surface area contributed by atoms with Gasteiger partial charge in [-0.2, -0.15) is 0 Å². The molecular weight excluding hydrogens is 372 g/mol. The number of amides is 1. The molecule has 1 aliphatic rings. The summed E-state index contributed by atoms with van der Waals surface area (Å²) in [5, 5.41) is 8.91. The number of benzene rings is 1. The van der Waals surface area contributed by atoms with Crippen molar-refractivity contribution in [2.75, 3.05) is 26.7 Å². The van der Waals surface area contributed by atoms with Gasteiger partial charge in [0.15, 0.2) is 0 Å². The second-order valence-electron chi connectivity index (χ2n) is 6.40. The molecule has 0 saturated carbocycles. The summed E-state index contributed by atoms with van der Waals surface area (Å²) in [5.74, 6) is -0.611. The molecule has 1 heterocycles. The summed E-state index contributed by atoms with van der Waals surface area (Å²) >= 11 is 3.45. The zero-order valence-corrected chi connectivity index (χ0v) is 15.7. The lowest BCUT2D eigenvalue weighted by molar-refractivity contribution is -0.138. The topological polar surface area (TPSA) is 60.9 Å². The number of carbonyl (C=O) groups is 2. The van der Waals surface area contributed by atoms with Gasteiger partial charge in [-0.05, 0) is 50.4 Å². The number of likely N-dealkylation sites (N-methyl/N-ethyl adjacent to an activating group) is 1. The minimum Gasteiger partial charge on any atom is -0.480 e. The highest BCUT2D eigenvalue weighted by atomic mass is 79.9. The van der Waals surface area contributed by atoms with Crippen LogP contribution in [0.2, 0.25) is 0 Å². The molecule has 2 rings (SSSR count). The van der Waals surface area contributed by atoms with Crippen molar-refractivity contribution in [1.29, 1.82) is 0 Å². The second kappa shape index (κ2) is 9.18. The van der Waals surface area contributed by atoms with Gasteiger partial charge in [0.2, 0.25) is 5.91 Å². The number of halogens is 1. The van der Waals surface area contributed by atoms with Crippen molar-refractivity contribution in [3.8, 4) is 0 Å². The van der Waals surface area contributed by atoms with Gasteiger partial charge in [0.05, 0.1) is 6.54 Å². The molecule has 1 fully saturated rings. The maximum atomic E-state index is 12.5. The first-order valence-electron chi connectivity index (χ1n) is 8.40. The Morgan fingerprint density at radius 3 is 2.83 bits per heavy atom. The third kappa shape index (κ3) is 5.91. The van der Waals surface area contributed by atoms with E-state index in [1.807, 2.05) is 41.1 Å². The Morgan fingerprint density at radius 2 is 2.12 bits per heavy atom. The molecule has 1 aromatic carbocycles. The van der Waals surface area contributed by atoms with Crippen LogP contribution >= 0.6 is 15.9 Å². The highest BCUT2D eigenvalue weighted by Crippen LogP contribution is 2.18. The first kappa shape index (κ1) is 18.9. The van der Waals surface area contributed by atoms with Crippen LogP contribution in [-0.4, -0.2) is 59.5 Å². The zero-order valence-electron chi connectivity index (χ0n) is 14.1. The smallest absolute Gasteiger partial charge is 0.317 e. The first-order valence-corrected chi connectivity index (χ1v) is 9.19. The largest absolute Gasteiger partial charge is 0.480 e. The number of hydrogen-bond donors (Lipinski definition) is 1. The van der Waals surface area contributed by atoms with Crippen molar-refractivity contribution in [2.24, 2.45) is 0 Å². The summed E-state index contributed by atoms with van der Waals surface area (Å²) in [6, 6.07) is 8.29. The average molecular weight is 397 g/mol.